The van der Waals surface area contributed by atoms with E-state index in [-0.39, 0.29) is 0 Å². The molecular formula is C17H16F3N. The lowest BCUT2D eigenvalue weighted by Crippen LogP contribution is -2.25. The lowest BCUT2D eigenvalue weighted by molar-refractivity contribution is 0.219. The van der Waals surface area contributed by atoms with Crippen molar-refractivity contribution in [1.82, 2.24) is 4.90 Å². The first-order valence-electron chi connectivity index (χ1n) is 6.59. The van der Waals surface area contributed by atoms with Crippen LogP contribution >= 0.6 is 0 Å². The third kappa shape index (κ3) is 3.95. The zero-order chi connectivity index (χ0) is 15.2. The summed E-state index contributed by atoms with van der Waals surface area (Å²) >= 11 is 0. The Morgan fingerprint density at radius 3 is 1.95 bits per heavy atom. The first-order chi connectivity index (χ1) is 10.1. The van der Waals surface area contributed by atoms with E-state index < -0.39 is 17.9 Å². The molecule has 0 spiro atoms. The molecule has 0 saturated heterocycles. The minimum Gasteiger partial charge on any atom is -0.289 e. The molecule has 2 aromatic rings. The Morgan fingerprint density at radius 1 is 0.905 bits per heavy atom. The third-order valence-corrected chi connectivity index (χ3v) is 3.25. The second-order valence-corrected chi connectivity index (χ2v) is 4.82. The molecule has 1 unspecified atom stereocenters. The molecule has 1 nitrogen and oxygen atoms in total. The van der Waals surface area contributed by atoms with E-state index >= 15 is 0 Å². The number of rotatable bonds is 5. The van der Waals surface area contributed by atoms with Gasteiger partial charge in [0.2, 0.25) is 0 Å². The van der Waals surface area contributed by atoms with Gasteiger partial charge < -0.3 is 0 Å². The zero-order valence-corrected chi connectivity index (χ0v) is 11.6. The van der Waals surface area contributed by atoms with Crippen molar-refractivity contribution in [2.75, 3.05) is 7.05 Å². The number of benzene rings is 2. The predicted octanol–water partition coefficient (Wildman–Crippen LogP) is 4.94. The molecule has 110 valence electrons. The van der Waals surface area contributed by atoms with Crippen LogP contribution in [0, 0.1) is 0 Å². The van der Waals surface area contributed by atoms with E-state index in [4.69, 9.17) is 0 Å². The number of hydrogen-bond acceptors (Lipinski definition) is 1. The molecule has 0 amide bonds. The Morgan fingerprint density at radius 2 is 1.43 bits per heavy atom. The van der Waals surface area contributed by atoms with E-state index in [9.17, 15) is 13.2 Å². The molecule has 0 aromatic heterocycles. The van der Waals surface area contributed by atoms with E-state index in [2.05, 4.69) is 0 Å². The maximum atomic E-state index is 13.9. The number of halogens is 3. The molecule has 21 heavy (non-hydrogen) atoms. The average molecular weight is 291 g/mol. The van der Waals surface area contributed by atoms with Gasteiger partial charge in [-0.3, -0.25) is 4.90 Å². The SMILES string of the molecule is CN(Cc1ccccc1)C(C(F)=C(F)F)c1ccccc1. The number of likely N-dealkylation sites (N-methyl/N-ethyl adjacent to an activating group) is 1. The van der Waals surface area contributed by atoms with Gasteiger partial charge in [-0.1, -0.05) is 60.7 Å². The summed E-state index contributed by atoms with van der Waals surface area (Å²) in [4.78, 5) is 1.57. The van der Waals surface area contributed by atoms with Crippen LogP contribution in [0.15, 0.2) is 72.6 Å². The van der Waals surface area contributed by atoms with Crippen LogP contribution in [0.4, 0.5) is 13.2 Å². The van der Waals surface area contributed by atoms with Crippen molar-refractivity contribution in [3.63, 3.8) is 0 Å². The van der Waals surface area contributed by atoms with Crippen LogP contribution < -0.4 is 0 Å². The summed E-state index contributed by atoms with van der Waals surface area (Å²) < 4.78 is 39.4. The number of nitrogens with zero attached hydrogens (tertiary/aromatic N) is 1. The molecule has 0 heterocycles. The number of hydrogen-bond donors (Lipinski definition) is 0. The monoisotopic (exact) mass is 291 g/mol. The van der Waals surface area contributed by atoms with Gasteiger partial charge in [0.05, 0.1) is 6.04 Å². The van der Waals surface area contributed by atoms with Gasteiger partial charge in [-0.15, -0.1) is 0 Å². The molecule has 0 saturated carbocycles. The van der Waals surface area contributed by atoms with Gasteiger partial charge in [0.15, 0.2) is 5.83 Å². The summed E-state index contributed by atoms with van der Waals surface area (Å²) in [5.41, 5.74) is 1.44. The van der Waals surface area contributed by atoms with Crippen molar-refractivity contribution >= 4 is 0 Å². The first-order valence-corrected chi connectivity index (χ1v) is 6.59. The fraction of sp³-hybridized carbons (Fsp3) is 0.176. The highest BCUT2D eigenvalue weighted by Gasteiger charge is 2.25. The minimum atomic E-state index is -2.27. The first kappa shape index (κ1) is 15.3. The van der Waals surface area contributed by atoms with Crippen molar-refractivity contribution in [2.24, 2.45) is 0 Å². The molecule has 2 aromatic carbocycles. The van der Waals surface area contributed by atoms with Crippen LogP contribution in [0.1, 0.15) is 17.2 Å². The van der Waals surface area contributed by atoms with E-state index in [0.717, 1.165) is 5.56 Å². The van der Waals surface area contributed by atoms with Crippen LogP contribution in [0.3, 0.4) is 0 Å². The summed E-state index contributed by atoms with van der Waals surface area (Å²) in [6.45, 7) is 0.376. The normalized spacial score (nSPS) is 12.2. The van der Waals surface area contributed by atoms with Gasteiger partial charge in [0, 0.05) is 6.54 Å². The summed E-state index contributed by atoms with van der Waals surface area (Å²) in [5.74, 6) is -1.40. The maximum absolute atomic E-state index is 13.9. The van der Waals surface area contributed by atoms with Crippen LogP contribution in [-0.4, -0.2) is 11.9 Å². The Balaban J connectivity index is 2.30. The summed E-state index contributed by atoms with van der Waals surface area (Å²) in [6, 6.07) is 16.8. The van der Waals surface area contributed by atoms with Crippen LogP contribution in [0.25, 0.3) is 0 Å². The molecule has 0 bridgehead atoms. The topological polar surface area (TPSA) is 3.24 Å². The van der Waals surface area contributed by atoms with Gasteiger partial charge in [-0.25, -0.2) is 4.39 Å². The van der Waals surface area contributed by atoms with Crippen LogP contribution in [0.2, 0.25) is 0 Å². The Labute approximate surface area is 122 Å². The molecule has 0 aliphatic heterocycles. The second-order valence-electron chi connectivity index (χ2n) is 4.82. The predicted molar refractivity (Wildman–Crippen MR) is 77.4 cm³/mol. The fourth-order valence-corrected chi connectivity index (χ4v) is 2.30. The summed E-state index contributed by atoms with van der Waals surface area (Å²) in [5, 5.41) is 0. The van der Waals surface area contributed by atoms with Crippen molar-refractivity contribution < 1.29 is 13.2 Å². The molecule has 0 aliphatic carbocycles. The van der Waals surface area contributed by atoms with Gasteiger partial charge in [-0.2, -0.15) is 8.78 Å². The zero-order valence-electron chi connectivity index (χ0n) is 11.6. The second kappa shape index (κ2) is 7.09. The molecule has 1 atom stereocenters. The molecule has 4 heteroatoms. The Kier molecular flexibility index (Phi) is 5.17. The smallest absolute Gasteiger partial charge is 0.289 e. The lowest BCUT2D eigenvalue weighted by atomic mass is 10.0. The third-order valence-electron chi connectivity index (χ3n) is 3.25. The molecule has 0 N–H and O–H groups in total. The van der Waals surface area contributed by atoms with Gasteiger partial charge >= 0.3 is 6.08 Å². The Bertz CT molecular complexity index is 592. The molecule has 2 rings (SSSR count). The van der Waals surface area contributed by atoms with E-state index in [0.29, 0.717) is 12.1 Å². The minimum absolute atomic E-state index is 0.376. The van der Waals surface area contributed by atoms with Crippen molar-refractivity contribution in [1.29, 1.82) is 0 Å². The van der Waals surface area contributed by atoms with Crippen molar-refractivity contribution in [3.8, 4) is 0 Å². The molecule has 0 fully saturated rings. The van der Waals surface area contributed by atoms with E-state index in [1.807, 2.05) is 30.3 Å². The standard InChI is InChI=1S/C17H16F3N/c1-21(12-13-8-4-2-5-9-13)16(15(18)17(19)20)14-10-6-3-7-11-14/h2-11,16H,12H2,1H3. The largest absolute Gasteiger partial charge is 0.303 e. The fourth-order valence-electron chi connectivity index (χ4n) is 2.30. The highest BCUT2D eigenvalue weighted by Crippen LogP contribution is 2.32. The average Bonchev–Trinajstić information content (AvgIpc) is 2.49. The van der Waals surface area contributed by atoms with Gasteiger partial charge in [0.25, 0.3) is 0 Å². The van der Waals surface area contributed by atoms with Crippen LogP contribution in [0.5, 0.6) is 0 Å². The maximum Gasteiger partial charge on any atom is 0.303 e. The Hall–Kier alpha value is -2.07. The summed E-state index contributed by atoms with van der Waals surface area (Å²) in [6.07, 6.45) is -2.27. The van der Waals surface area contributed by atoms with Gasteiger partial charge in [0.1, 0.15) is 0 Å². The van der Waals surface area contributed by atoms with Crippen molar-refractivity contribution in [3.05, 3.63) is 83.7 Å². The molecule has 0 radical (unpaired) electrons. The molecular weight excluding hydrogens is 275 g/mol. The van der Waals surface area contributed by atoms with Gasteiger partial charge in [-0.05, 0) is 18.2 Å². The quantitative estimate of drug-likeness (QED) is 0.754. The highest BCUT2D eigenvalue weighted by atomic mass is 19.3. The summed E-state index contributed by atoms with van der Waals surface area (Å²) in [7, 11) is 1.63. The molecule has 0 aliphatic rings. The van der Waals surface area contributed by atoms with Crippen molar-refractivity contribution in [2.45, 2.75) is 12.6 Å². The van der Waals surface area contributed by atoms with E-state index in [1.165, 1.54) is 0 Å². The highest BCUT2D eigenvalue weighted by molar-refractivity contribution is 5.26. The van der Waals surface area contributed by atoms with E-state index in [1.54, 1.807) is 42.3 Å². The lowest BCUT2D eigenvalue weighted by Gasteiger charge is -2.27. The van der Waals surface area contributed by atoms with Crippen LogP contribution in [-0.2, 0) is 6.54 Å².